The minimum absolute atomic E-state index is 0.830. The highest BCUT2D eigenvalue weighted by Crippen LogP contribution is 2.18. The van der Waals surface area contributed by atoms with E-state index in [1.807, 2.05) is 6.92 Å². The summed E-state index contributed by atoms with van der Waals surface area (Å²) in [7, 11) is 2.11. The first-order chi connectivity index (χ1) is 7.81. The molecular formula is C12H20N4. The van der Waals surface area contributed by atoms with E-state index in [1.165, 1.54) is 5.82 Å². The predicted molar refractivity (Wildman–Crippen MR) is 65.3 cm³/mol. The molecule has 2 aliphatic heterocycles. The standard InChI is InChI=1S/C12H20N4/c1-3-4-7-16-11-14(2)10-12(16)15-8-5-13-6-9-15/h10,13H,5-9,11H2,1-2H3. The van der Waals surface area contributed by atoms with Crippen LogP contribution in [0.2, 0.25) is 0 Å². The minimum atomic E-state index is 0.830. The summed E-state index contributed by atoms with van der Waals surface area (Å²) in [4.78, 5) is 6.99. The molecule has 0 saturated carbocycles. The van der Waals surface area contributed by atoms with Crippen molar-refractivity contribution < 1.29 is 0 Å². The largest absolute Gasteiger partial charge is 0.360 e. The molecule has 1 saturated heterocycles. The van der Waals surface area contributed by atoms with Crippen LogP contribution in [0.25, 0.3) is 0 Å². The summed E-state index contributed by atoms with van der Waals surface area (Å²) in [5.74, 6) is 7.44. The maximum Gasteiger partial charge on any atom is 0.123 e. The molecule has 4 nitrogen and oxygen atoms in total. The Kier molecular flexibility index (Phi) is 3.58. The van der Waals surface area contributed by atoms with Crippen LogP contribution in [-0.4, -0.2) is 61.1 Å². The molecule has 0 atom stereocenters. The molecule has 0 aromatic rings. The van der Waals surface area contributed by atoms with Gasteiger partial charge in [-0.3, -0.25) is 0 Å². The number of hydrogen-bond acceptors (Lipinski definition) is 4. The van der Waals surface area contributed by atoms with E-state index in [1.54, 1.807) is 0 Å². The maximum absolute atomic E-state index is 3.38. The minimum Gasteiger partial charge on any atom is -0.360 e. The lowest BCUT2D eigenvalue weighted by Gasteiger charge is -2.34. The Bertz CT molecular complexity index is 320. The number of piperazine rings is 1. The zero-order chi connectivity index (χ0) is 11.4. The summed E-state index contributed by atoms with van der Waals surface area (Å²) in [6, 6.07) is 0. The second-order valence-electron chi connectivity index (χ2n) is 4.25. The Morgan fingerprint density at radius 1 is 1.38 bits per heavy atom. The molecule has 2 aliphatic rings. The molecule has 0 bridgehead atoms. The van der Waals surface area contributed by atoms with Crippen LogP contribution in [0.15, 0.2) is 12.0 Å². The molecule has 0 spiro atoms. The monoisotopic (exact) mass is 220 g/mol. The molecule has 1 N–H and O–H groups in total. The molecule has 0 aromatic heterocycles. The highest BCUT2D eigenvalue weighted by molar-refractivity contribution is 5.10. The van der Waals surface area contributed by atoms with E-state index in [9.17, 15) is 0 Å². The lowest BCUT2D eigenvalue weighted by molar-refractivity contribution is 0.203. The SMILES string of the molecule is CC#CCN1CN(C)C=C1N1CCNCC1. The van der Waals surface area contributed by atoms with Crippen molar-refractivity contribution in [2.24, 2.45) is 0 Å². The zero-order valence-electron chi connectivity index (χ0n) is 10.2. The molecule has 2 heterocycles. The summed E-state index contributed by atoms with van der Waals surface area (Å²) >= 11 is 0. The normalized spacial score (nSPS) is 20.6. The summed E-state index contributed by atoms with van der Waals surface area (Å²) in [5, 5.41) is 3.38. The van der Waals surface area contributed by atoms with Crippen LogP contribution in [-0.2, 0) is 0 Å². The maximum atomic E-state index is 3.38. The number of nitrogens with one attached hydrogen (secondary N) is 1. The Morgan fingerprint density at radius 2 is 2.12 bits per heavy atom. The van der Waals surface area contributed by atoms with Gasteiger partial charge in [-0.25, -0.2) is 0 Å². The van der Waals surface area contributed by atoms with E-state index >= 15 is 0 Å². The third kappa shape index (κ3) is 2.42. The molecular weight excluding hydrogens is 200 g/mol. The van der Waals surface area contributed by atoms with Crippen molar-refractivity contribution >= 4 is 0 Å². The highest BCUT2D eigenvalue weighted by atomic mass is 15.4. The van der Waals surface area contributed by atoms with Crippen LogP contribution < -0.4 is 5.32 Å². The Morgan fingerprint density at radius 3 is 2.81 bits per heavy atom. The van der Waals surface area contributed by atoms with Crippen molar-refractivity contribution in [3.8, 4) is 11.8 Å². The Labute approximate surface area is 97.9 Å². The van der Waals surface area contributed by atoms with Crippen LogP contribution >= 0.6 is 0 Å². The number of nitrogens with zero attached hydrogens (tertiary/aromatic N) is 3. The Balaban J connectivity index is 2.02. The summed E-state index contributed by atoms with van der Waals surface area (Å²) in [6.07, 6.45) is 2.22. The average molecular weight is 220 g/mol. The molecule has 0 amide bonds. The van der Waals surface area contributed by atoms with Gasteiger partial charge in [0.05, 0.1) is 13.2 Å². The van der Waals surface area contributed by atoms with Gasteiger partial charge in [0.25, 0.3) is 0 Å². The van der Waals surface area contributed by atoms with Crippen molar-refractivity contribution in [2.45, 2.75) is 6.92 Å². The van der Waals surface area contributed by atoms with E-state index < -0.39 is 0 Å². The topological polar surface area (TPSA) is 21.8 Å². The van der Waals surface area contributed by atoms with Gasteiger partial charge in [-0.15, -0.1) is 5.92 Å². The van der Waals surface area contributed by atoms with Gasteiger partial charge >= 0.3 is 0 Å². The van der Waals surface area contributed by atoms with Crippen LogP contribution in [0.4, 0.5) is 0 Å². The van der Waals surface area contributed by atoms with Gasteiger partial charge in [-0.05, 0) is 6.92 Å². The van der Waals surface area contributed by atoms with Gasteiger partial charge in [0.2, 0.25) is 0 Å². The van der Waals surface area contributed by atoms with Gasteiger partial charge in [-0.1, -0.05) is 5.92 Å². The fourth-order valence-corrected chi connectivity index (χ4v) is 2.14. The van der Waals surface area contributed by atoms with Crippen molar-refractivity contribution in [1.29, 1.82) is 0 Å². The first-order valence-electron chi connectivity index (χ1n) is 5.83. The molecule has 0 aliphatic carbocycles. The fourth-order valence-electron chi connectivity index (χ4n) is 2.14. The summed E-state index contributed by atoms with van der Waals surface area (Å²) < 4.78 is 0. The first kappa shape index (κ1) is 11.2. The van der Waals surface area contributed by atoms with Gasteiger partial charge < -0.3 is 20.0 Å². The van der Waals surface area contributed by atoms with Crippen LogP contribution in [0.5, 0.6) is 0 Å². The third-order valence-corrected chi connectivity index (χ3v) is 2.94. The molecule has 0 radical (unpaired) electrons. The predicted octanol–water partition coefficient (Wildman–Crippen LogP) is -0.0813. The van der Waals surface area contributed by atoms with Gasteiger partial charge in [0, 0.05) is 39.4 Å². The molecule has 4 heteroatoms. The molecule has 0 aromatic carbocycles. The zero-order valence-corrected chi connectivity index (χ0v) is 10.2. The molecule has 1 fully saturated rings. The molecule has 88 valence electrons. The van der Waals surface area contributed by atoms with Crippen molar-refractivity contribution in [1.82, 2.24) is 20.0 Å². The van der Waals surface area contributed by atoms with Crippen LogP contribution in [0.3, 0.4) is 0 Å². The quantitative estimate of drug-likeness (QED) is 0.657. The highest BCUT2D eigenvalue weighted by Gasteiger charge is 2.23. The third-order valence-electron chi connectivity index (χ3n) is 2.94. The molecule has 16 heavy (non-hydrogen) atoms. The van der Waals surface area contributed by atoms with Crippen LogP contribution in [0.1, 0.15) is 6.92 Å². The van der Waals surface area contributed by atoms with Gasteiger partial charge in [0.15, 0.2) is 0 Å². The van der Waals surface area contributed by atoms with Crippen molar-refractivity contribution in [2.75, 3.05) is 46.4 Å². The second-order valence-corrected chi connectivity index (χ2v) is 4.25. The van der Waals surface area contributed by atoms with Gasteiger partial charge in [-0.2, -0.15) is 0 Å². The number of rotatable bonds is 2. The summed E-state index contributed by atoms with van der Waals surface area (Å²) in [5.41, 5.74) is 0. The van der Waals surface area contributed by atoms with E-state index in [4.69, 9.17) is 0 Å². The van der Waals surface area contributed by atoms with Crippen molar-refractivity contribution in [3.05, 3.63) is 12.0 Å². The lowest BCUT2D eigenvalue weighted by Crippen LogP contribution is -2.45. The Hall–Kier alpha value is -1.34. The lowest BCUT2D eigenvalue weighted by atomic mass is 10.3. The fraction of sp³-hybridized carbons (Fsp3) is 0.667. The smallest absolute Gasteiger partial charge is 0.123 e. The van der Waals surface area contributed by atoms with E-state index in [0.717, 1.165) is 39.4 Å². The molecule has 0 unspecified atom stereocenters. The average Bonchev–Trinajstić information content (AvgIpc) is 2.69. The van der Waals surface area contributed by atoms with E-state index in [-0.39, 0.29) is 0 Å². The van der Waals surface area contributed by atoms with Crippen molar-refractivity contribution in [3.63, 3.8) is 0 Å². The van der Waals surface area contributed by atoms with E-state index in [0.29, 0.717) is 0 Å². The summed E-state index contributed by atoms with van der Waals surface area (Å²) in [6.45, 7) is 8.02. The van der Waals surface area contributed by atoms with Gasteiger partial charge in [0.1, 0.15) is 5.82 Å². The first-order valence-corrected chi connectivity index (χ1v) is 5.83. The molecule has 2 rings (SSSR count). The van der Waals surface area contributed by atoms with E-state index in [2.05, 4.69) is 45.1 Å². The van der Waals surface area contributed by atoms with Crippen LogP contribution in [0, 0.1) is 11.8 Å². The number of hydrogen-bond donors (Lipinski definition) is 1. The second kappa shape index (κ2) is 5.13.